The summed E-state index contributed by atoms with van der Waals surface area (Å²) in [5.41, 5.74) is 4.03. The van der Waals surface area contributed by atoms with Crippen molar-refractivity contribution in [3.8, 4) is 23.0 Å². The summed E-state index contributed by atoms with van der Waals surface area (Å²) < 4.78 is 6.02. The first-order chi connectivity index (χ1) is 16.6. The summed E-state index contributed by atoms with van der Waals surface area (Å²) in [7, 11) is 2.15. The molecule has 4 heterocycles. The van der Waals surface area contributed by atoms with E-state index in [1.165, 1.54) is 12.4 Å². The van der Waals surface area contributed by atoms with E-state index in [-0.39, 0.29) is 5.91 Å². The number of nitrogens with zero attached hydrogens (tertiary/aromatic N) is 5. The van der Waals surface area contributed by atoms with Crippen LogP contribution in [0.5, 0.6) is 11.6 Å². The van der Waals surface area contributed by atoms with E-state index in [2.05, 4.69) is 54.7 Å². The molecule has 1 aliphatic heterocycles. The standard InChI is InChI=1S/C25H25N7O2/c1-3-23(33)29-17-5-4-6-19(13-17)34-25-20-14-22(30-24(20)27-16-28-25)21-8-7-18(15-26-21)32-11-9-31(2)10-12-32/h3-8,13-16H,1,9-12H2,2H3,(H,29,33)(H,27,28,30). The van der Waals surface area contributed by atoms with E-state index in [4.69, 9.17) is 4.74 Å². The van der Waals surface area contributed by atoms with E-state index >= 15 is 0 Å². The molecule has 3 aromatic heterocycles. The Hall–Kier alpha value is -4.24. The topological polar surface area (TPSA) is 99.3 Å². The van der Waals surface area contributed by atoms with Crippen LogP contribution in [0.4, 0.5) is 11.4 Å². The Kier molecular flexibility index (Phi) is 5.92. The Labute approximate surface area is 197 Å². The lowest BCUT2D eigenvalue weighted by atomic mass is 10.2. The zero-order valence-electron chi connectivity index (χ0n) is 18.9. The molecular formula is C25H25N7O2. The van der Waals surface area contributed by atoms with Crippen LogP contribution >= 0.6 is 0 Å². The summed E-state index contributed by atoms with van der Waals surface area (Å²) in [6, 6.07) is 13.1. The molecule has 9 heteroatoms. The molecule has 1 amide bonds. The van der Waals surface area contributed by atoms with Crippen molar-refractivity contribution in [1.29, 1.82) is 0 Å². The first kappa shape index (κ1) is 21.6. The van der Waals surface area contributed by atoms with Crippen molar-refractivity contribution in [1.82, 2.24) is 24.8 Å². The number of benzene rings is 1. The van der Waals surface area contributed by atoms with Gasteiger partial charge in [0.15, 0.2) is 0 Å². The second-order valence-corrected chi connectivity index (χ2v) is 8.14. The van der Waals surface area contributed by atoms with E-state index in [0.29, 0.717) is 23.0 Å². The summed E-state index contributed by atoms with van der Waals surface area (Å²) in [5.74, 6) is 0.663. The lowest BCUT2D eigenvalue weighted by Crippen LogP contribution is -2.44. The van der Waals surface area contributed by atoms with Gasteiger partial charge in [0.2, 0.25) is 11.8 Å². The van der Waals surface area contributed by atoms with Crippen LogP contribution in [0.15, 0.2) is 67.6 Å². The Morgan fingerprint density at radius 3 is 2.74 bits per heavy atom. The smallest absolute Gasteiger partial charge is 0.247 e. The Balaban J connectivity index is 1.37. The number of anilines is 2. The number of H-pyrrole nitrogens is 1. The number of aromatic amines is 1. The van der Waals surface area contributed by atoms with Crippen molar-refractivity contribution in [3.05, 3.63) is 67.6 Å². The lowest BCUT2D eigenvalue weighted by molar-refractivity contribution is -0.111. The van der Waals surface area contributed by atoms with Gasteiger partial charge in [-0.25, -0.2) is 9.97 Å². The highest BCUT2D eigenvalue weighted by Crippen LogP contribution is 2.31. The van der Waals surface area contributed by atoms with Gasteiger partial charge in [-0.1, -0.05) is 12.6 Å². The van der Waals surface area contributed by atoms with Gasteiger partial charge >= 0.3 is 0 Å². The summed E-state index contributed by atoms with van der Waals surface area (Å²) in [5, 5.41) is 3.46. The van der Waals surface area contributed by atoms with Crippen LogP contribution in [0.25, 0.3) is 22.4 Å². The van der Waals surface area contributed by atoms with Crippen molar-refractivity contribution >= 4 is 28.3 Å². The maximum Gasteiger partial charge on any atom is 0.247 e. The molecule has 172 valence electrons. The van der Waals surface area contributed by atoms with Gasteiger partial charge < -0.3 is 24.8 Å². The quantitative estimate of drug-likeness (QED) is 0.428. The average Bonchev–Trinajstić information content (AvgIpc) is 3.30. The third-order valence-electron chi connectivity index (χ3n) is 5.78. The highest BCUT2D eigenvalue weighted by Gasteiger charge is 2.16. The molecule has 0 bridgehead atoms. The lowest BCUT2D eigenvalue weighted by Gasteiger charge is -2.33. The van der Waals surface area contributed by atoms with Crippen molar-refractivity contribution in [2.75, 3.05) is 43.4 Å². The highest BCUT2D eigenvalue weighted by molar-refractivity contribution is 5.99. The van der Waals surface area contributed by atoms with Crippen LogP contribution < -0.4 is 15.0 Å². The molecule has 5 rings (SSSR count). The minimum absolute atomic E-state index is 0.289. The number of nitrogens with one attached hydrogen (secondary N) is 2. The normalized spacial score (nSPS) is 14.2. The number of ether oxygens (including phenoxy) is 1. The molecule has 0 atom stereocenters. The van der Waals surface area contributed by atoms with Gasteiger partial charge in [-0.2, -0.15) is 0 Å². The fourth-order valence-corrected chi connectivity index (χ4v) is 3.88. The average molecular weight is 456 g/mol. The first-order valence-corrected chi connectivity index (χ1v) is 11.0. The predicted octanol–water partition coefficient (Wildman–Crippen LogP) is 3.69. The molecule has 0 unspecified atom stereocenters. The van der Waals surface area contributed by atoms with E-state index in [0.717, 1.165) is 48.6 Å². The zero-order chi connectivity index (χ0) is 23.5. The number of fused-ring (bicyclic) bond motifs is 1. The molecule has 1 saturated heterocycles. The molecule has 1 aromatic carbocycles. The van der Waals surface area contributed by atoms with E-state index in [1.54, 1.807) is 24.3 Å². The number of piperazine rings is 1. The molecule has 0 aliphatic carbocycles. The van der Waals surface area contributed by atoms with Crippen molar-refractivity contribution in [3.63, 3.8) is 0 Å². The zero-order valence-corrected chi connectivity index (χ0v) is 18.9. The largest absolute Gasteiger partial charge is 0.438 e. The van der Waals surface area contributed by atoms with Gasteiger partial charge in [0, 0.05) is 37.9 Å². The van der Waals surface area contributed by atoms with Gasteiger partial charge in [-0.3, -0.25) is 9.78 Å². The fraction of sp³-hybridized carbons (Fsp3) is 0.200. The van der Waals surface area contributed by atoms with Crippen LogP contribution in [0.3, 0.4) is 0 Å². The Bertz CT molecular complexity index is 1320. The maximum atomic E-state index is 11.6. The third-order valence-corrected chi connectivity index (χ3v) is 5.78. The molecule has 0 saturated carbocycles. The second kappa shape index (κ2) is 9.32. The molecule has 0 spiro atoms. The second-order valence-electron chi connectivity index (χ2n) is 8.14. The van der Waals surface area contributed by atoms with Crippen LogP contribution in [0, 0.1) is 0 Å². The number of carbonyl (C=O) groups excluding carboxylic acids is 1. The molecule has 9 nitrogen and oxygen atoms in total. The van der Waals surface area contributed by atoms with Gasteiger partial charge in [0.05, 0.1) is 28.7 Å². The van der Waals surface area contributed by atoms with E-state index < -0.39 is 0 Å². The van der Waals surface area contributed by atoms with Crippen LogP contribution in [-0.4, -0.2) is 64.0 Å². The molecular weight excluding hydrogens is 430 g/mol. The van der Waals surface area contributed by atoms with E-state index in [1.807, 2.05) is 18.3 Å². The van der Waals surface area contributed by atoms with E-state index in [9.17, 15) is 4.79 Å². The molecule has 1 aliphatic rings. The van der Waals surface area contributed by atoms with Crippen LogP contribution in [0.1, 0.15) is 0 Å². The fourth-order valence-electron chi connectivity index (χ4n) is 3.88. The molecule has 4 aromatic rings. The SMILES string of the molecule is C=CC(=O)Nc1cccc(Oc2ncnc3[nH]c(-c4ccc(N5CCN(C)CC5)cn4)cc23)c1. The number of rotatable bonds is 6. The van der Waals surface area contributed by atoms with Crippen molar-refractivity contribution < 1.29 is 9.53 Å². The van der Waals surface area contributed by atoms with Crippen molar-refractivity contribution in [2.45, 2.75) is 0 Å². The summed E-state index contributed by atoms with van der Waals surface area (Å²) in [4.78, 5) is 32.9. The van der Waals surface area contributed by atoms with Gasteiger partial charge in [-0.15, -0.1) is 0 Å². The molecule has 1 fully saturated rings. The Morgan fingerprint density at radius 2 is 1.97 bits per heavy atom. The number of amides is 1. The predicted molar refractivity (Wildman–Crippen MR) is 132 cm³/mol. The number of likely N-dealkylation sites (N-methyl/N-ethyl adjacent to an activating group) is 1. The number of pyridine rings is 1. The molecule has 34 heavy (non-hydrogen) atoms. The van der Waals surface area contributed by atoms with Gasteiger partial charge in [-0.05, 0) is 43.5 Å². The maximum absolute atomic E-state index is 11.6. The van der Waals surface area contributed by atoms with Crippen molar-refractivity contribution in [2.24, 2.45) is 0 Å². The van der Waals surface area contributed by atoms with Gasteiger partial charge in [0.25, 0.3) is 0 Å². The van der Waals surface area contributed by atoms with Crippen LogP contribution in [0.2, 0.25) is 0 Å². The number of hydrogen-bond donors (Lipinski definition) is 2. The summed E-state index contributed by atoms with van der Waals surface area (Å²) in [6.07, 6.45) is 4.58. The summed E-state index contributed by atoms with van der Waals surface area (Å²) >= 11 is 0. The summed E-state index contributed by atoms with van der Waals surface area (Å²) in [6.45, 7) is 7.56. The Morgan fingerprint density at radius 1 is 1.12 bits per heavy atom. The minimum Gasteiger partial charge on any atom is -0.438 e. The molecule has 2 N–H and O–H groups in total. The number of carbonyl (C=O) groups is 1. The molecule has 0 radical (unpaired) electrons. The third kappa shape index (κ3) is 4.60. The van der Waals surface area contributed by atoms with Crippen LogP contribution in [-0.2, 0) is 4.79 Å². The first-order valence-electron chi connectivity index (χ1n) is 11.0. The monoisotopic (exact) mass is 455 g/mol. The van der Waals surface area contributed by atoms with Gasteiger partial charge in [0.1, 0.15) is 17.7 Å². The number of hydrogen-bond acceptors (Lipinski definition) is 7. The minimum atomic E-state index is -0.289. The number of aromatic nitrogens is 4. The highest BCUT2D eigenvalue weighted by atomic mass is 16.5.